The number of hydrogen-bond donors (Lipinski definition) is 1. The number of nitrogens with one attached hydrogen (secondary N) is 1. The first-order valence-corrected chi connectivity index (χ1v) is 8.58. The maximum absolute atomic E-state index is 12.8. The van der Waals surface area contributed by atoms with Crippen LogP contribution in [0.15, 0.2) is 84.9 Å². The van der Waals surface area contributed by atoms with Gasteiger partial charge in [-0.05, 0) is 17.2 Å². The Morgan fingerprint density at radius 3 is 2.15 bits per heavy atom. The van der Waals surface area contributed by atoms with Gasteiger partial charge in [-0.1, -0.05) is 78.9 Å². The average Bonchev–Trinajstić information content (AvgIpc) is 3.09. The summed E-state index contributed by atoms with van der Waals surface area (Å²) in [6, 6.07) is 27.9. The summed E-state index contributed by atoms with van der Waals surface area (Å²) in [6.07, 6.45) is 0. The molecular formula is C23H19NO2. The lowest BCUT2D eigenvalue weighted by Gasteiger charge is -2.17. The molecule has 3 aromatic carbocycles. The molecule has 0 aliphatic heterocycles. The fourth-order valence-corrected chi connectivity index (χ4v) is 3.48. The molecule has 0 radical (unpaired) electrons. The minimum absolute atomic E-state index is 0.266. The van der Waals surface area contributed by atoms with Crippen molar-refractivity contribution >= 4 is 16.9 Å². The highest BCUT2D eigenvalue weighted by Crippen LogP contribution is 2.39. The molecule has 0 amide bonds. The molecule has 0 aliphatic rings. The van der Waals surface area contributed by atoms with E-state index in [1.807, 2.05) is 84.9 Å². The minimum atomic E-state index is -0.493. The third-order valence-electron chi connectivity index (χ3n) is 4.67. The number of para-hydroxylation sites is 1. The van der Waals surface area contributed by atoms with Gasteiger partial charge in [-0.3, -0.25) is 4.79 Å². The van der Waals surface area contributed by atoms with E-state index in [9.17, 15) is 4.79 Å². The number of rotatable bonds is 4. The Morgan fingerprint density at radius 2 is 1.46 bits per heavy atom. The molecule has 0 spiro atoms. The van der Waals surface area contributed by atoms with Gasteiger partial charge in [-0.25, -0.2) is 0 Å². The lowest BCUT2D eigenvalue weighted by atomic mass is 9.87. The van der Waals surface area contributed by atoms with Gasteiger partial charge < -0.3 is 9.72 Å². The van der Waals surface area contributed by atoms with Crippen LogP contribution in [0.3, 0.4) is 0 Å². The number of carbonyl (C=O) groups excluding carboxylic acids is 1. The van der Waals surface area contributed by atoms with Gasteiger partial charge in [0.15, 0.2) is 0 Å². The van der Waals surface area contributed by atoms with Crippen molar-refractivity contribution in [1.29, 1.82) is 0 Å². The standard InChI is InChI=1S/C23H19NO2/c1-26-23(25)20(16-10-4-2-5-11-16)21-18-14-8-9-15-19(18)24-22(21)17-12-6-3-7-13-17/h2-15,20,24H,1H3. The zero-order chi connectivity index (χ0) is 17.9. The van der Waals surface area contributed by atoms with E-state index in [2.05, 4.69) is 4.98 Å². The van der Waals surface area contributed by atoms with Crippen LogP contribution < -0.4 is 0 Å². The molecule has 3 nitrogen and oxygen atoms in total. The molecule has 0 aliphatic carbocycles. The maximum atomic E-state index is 12.8. The number of esters is 1. The van der Waals surface area contributed by atoms with Crippen molar-refractivity contribution in [3.05, 3.63) is 96.1 Å². The summed E-state index contributed by atoms with van der Waals surface area (Å²) >= 11 is 0. The van der Waals surface area contributed by atoms with E-state index < -0.39 is 5.92 Å². The van der Waals surface area contributed by atoms with Gasteiger partial charge >= 0.3 is 5.97 Å². The van der Waals surface area contributed by atoms with Gasteiger partial charge in [-0.2, -0.15) is 0 Å². The highest BCUT2D eigenvalue weighted by Gasteiger charge is 2.29. The molecule has 1 unspecified atom stereocenters. The molecule has 4 rings (SSSR count). The van der Waals surface area contributed by atoms with Gasteiger partial charge in [0.2, 0.25) is 0 Å². The van der Waals surface area contributed by atoms with E-state index in [-0.39, 0.29) is 5.97 Å². The Balaban J connectivity index is 2.03. The SMILES string of the molecule is COC(=O)C(c1ccccc1)c1c(-c2ccccc2)[nH]c2ccccc12. The first kappa shape index (κ1) is 16.2. The molecule has 1 aromatic heterocycles. The number of fused-ring (bicyclic) bond motifs is 1. The van der Waals surface area contributed by atoms with Crippen LogP contribution in [0.1, 0.15) is 17.0 Å². The molecule has 128 valence electrons. The number of H-pyrrole nitrogens is 1. The summed E-state index contributed by atoms with van der Waals surface area (Å²) in [5.74, 6) is -0.759. The van der Waals surface area contributed by atoms with Gasteiger partial charge in [0, 0.05) is 16.5 Å². The van der Waals surface area contributed by atoms with E-state index in [1.165, 1.54) is 7.11 Å². The number of ether oxygens (including phenoxy) is 1. The Hall–Kier alpha value is -3.33. The largest absolute Gasteiger partial charge is 0.468 e. The lowest BCUT2D eigenvalue weighted by Crippen LogP contribution is -2.16. The highest BCUT2D eigenvalue weighted by molar-refractivity contribution is 5.97. The molecule has 1 atom stereocenters. The third kappa shape index (κ3) is 2.78. The van der Waals surface area contributed by atoms with Crippen molar-refractivity contribution in [2.24, 2.45) is 0 Å². The number of benzene rings is 3. The fraction of sp³-hybridized carbons (Fsp3) is 0.0870. The molecular weight excluding hydrogens is 322 g/mol. The van der Waals surface area contributed by atoms with Crippen LogP contribution in [-0.4, -0.2) is 18.1 Å². The molecule has 0 saturated carbocycles. The molecule has 0 fully saturated rings. The highest BCUT2D eigenvalue weighted by atomic mass is 16.5. The van der Waals surface area contributed by atoms with E-state index >= 15 is 0 Å². The summed E-state index contributed by atoms with van der Waals surface area (Å²) in [4.78, 5) is 16.3. The average molecular weight is 341 g/mol. The summed E-state index contributed by atoms with van der Waals surface area (Å²) in [6.45, 7) is 0. The van der Waals surface area contributed by atoms with Gasteiger partial charge in [0.25, 0.3) is 0 Å². The zero-order valence-electron chi connectivity index (χ0n) is 14.5. The van der Waals surface area contributed by atoms with Crippen molar-refractivity contribution in [1.82, 2.24) is 4.98 Å². The predicted octanol–water partition coefficient (Wildman–Crippen LogP) is 5.14. The van der Waals surface area contributed by atoms with Crippen LogP contribution in [0.5, 0.6) is 0 Å². The fourth-order valence-electron chi connectivity index (χ4n) is 3.48. The smallest absolute Gasteiger partial charge is 0.317 e. The van der Waals surface area contributed by atoms with E-state index in [0.717, 1.165) is 33.3 Å². The number of aromatic amines is 1. The summed E-state index contributed by atoms with van der Waals surface area (Å²) in [7, 11) is 1.44. The van der Waals surface area contributed by atoms with Crippen LogP contribution in [0.25, 0.3) is 22.2 Å². The third-order valence-corrected chi connectivity index (χ3v) is 4.67. The van der Waals surface area contributed by atoms with Crippen LogP contribution >= 0.6 is 0 Å². The van der Waals surface area contributed by atoms with Crippen molar-refractivity contribution in [2.45, 2.75) is 5.92 Å². The van der Waals surface area contributed by atoms with E-state index in [1.54, 1.807) is 0 Å². The monoisotopic (exact) mass is 341 g/mol. The van der Waals surface area contributed by atoms with Crippen molar-refractivity contribution in [3.63, 3.8) is 0 Å². The Bertz CT molecular complexity index is 1040. The van der Waals surface area contributed by atoms with Gasteiger partial charge in [0.1, 0.15) is 5.92 Å². The normalized spacial score (nSPS) is 12.0. The predicted molar refractivity (Wildman–Crippen MR) is 104 cm³/mol. The van der Waals surface area contributed by atoms with Crippen molar-refractivity contribution in [3.8, 4) is 11.3 Å². The quantitative estimate of drug-likeness (QED) is 0.522. The number of aromatic nitrogens is 1. The second kappa shape index (κ2) is 6.89. The maximum Gasteiger partial charge on any atom is 0.317 e. The summed E-state index contributed by atoms with van der Waals surface area (Å²) < 4.78 is 5.18. The topological polar surface area (TPSA) is 42.1 Å². The van der Waals surface area contributed by atoms with Crippen LogP contribution in [0.2, 0.25) is 0 Å². The molecule has 0 saturated heterocycles. The van der Waals surface area contributed by atoms with Crippen LogP contribution in [-0.2, 0) is 9.53 Å². The second-order valence-corrected chi connectivity index (χ2v) is 6.19. The lowest BCUT2D eigenvalue weighted by molar-refractivity contribution is -0.141. The van der Waals surface area contributed by atoms with Crippen LogP contribution in [0, 0.1) is 0 Å². The first-order chi connectivity index (χ1) is 12.8. The van der Waals surface area contributed by atoms with Gasteiger partial charge in [0.05, 0.1) is 12.8 Å². The molecule has 0 bridgehead atoms. The number of carbonyl (C=O) groups is 1. The molecule has 26 heavy (non-hydrogen) atoms. The van der Waals surface area contributed by atoms with Crippen molar-refractivity contribution in [2.75, 3.05) is 7.11 Å². The number of hydrogen-bond acceptors (Lipinski definition) is 2. The molecule has 1 N–H and O–H groups in total. The second-order valence-electron chi connectivity index (χ2n) is 6.19. The molecule has 1 heterocycles. The Kier molecular flexibility index (Phi) is 4.28. The molecule has 3 heteroatoms. The first-order valence-electron chi connectivity index (χ1n) is 8.58. The molecule has 4 aromatic rings. The van der Waals surface area contributed by atoms with Crippen LogP contribution in [0.4, 0.5) is 0 Å². The Labute approximate surface area is 152 Å². The van der Waals surface area contributed by atoms with E-state index in [4.69, 9.17) is 4.74 Å². The minimum Gasteiger partial charge on any atom is -0.468 e. The van der Waals surface area contributed by atoms with Crippen molar-refractivity contribution < 1.29 is 9.53 Å². The zero-order valence-corrected chi connectivity index (χ0v) is 14.5. The Morgan fingerprint density at radius 1 is 0.846 bits per heavy atom. The summed E-state index contributed by atoms with van der Waals surface area (Å²) in [5, 5.41) is 1.03. The summed E-state index contributed by atoms with van der Waals surface area (Å²) in [5.41, 5.74) is 4.87. The van der Waals surface area contributed by atoms with E-state index in [0.29, 0.717) is 0 Å². The number of methoxy groups -OCH3 is 1. The van der Waals surface area contributed by atoms with Gasteiger partial charge in [-0.15, -0.1) is 0 Å².